The van der Waals surface area contributed by atoms with Crippen LogP contribution in [0.25, 0.3) is 10.6 Å². The number of amides is 1. The number of aromatic nitrogens is 1. The van der Waals surface area contributed by atoms with E-state index >= 15 is 0 Å². The van der Waals surface area contributed by atoms with Crippen LogP contribution in [0.15, 0.2) is 53.9 Å². The Kier molecular flexibility index (Phi) is 7.49. The van der Waals surface area contributed by atoms with Gasteiger partial charge in [0, 0.05) is 49.4 Å². The Morgan fingerprint density at radius 1 is 1.03 bits per heavy atom. The second kappa shape index (κ2) is 10.7. The first-order valence-electron chi connectivity index (χ1n) is 11.0. The summed E-state index contributed by atoms with van der Waals surface area (Å²) in [4.78, 5) is 32.7. The molecule has 0 saturated carbocycles. The average molecular weight is 465 g/mol. The van der Waals surface area contributed by atoms with Gasteiger partial charge in [-0.3, -0.25) is 14.5 Å². The van der Waals surface area contributed by atoms with Crippen LogP contribution in [0.2, 0.25) is 0 Å². The van der Waals surface area contributed by atoms with E-state index in [9.17, 15) is 9.59 Å². The molecular weight excluding hydrogens is 436 g/mol. The van der Waals surface area contributed by atoms with Crippen molar-refractivity contribution < 1.29 is 14.7 Å². The molecule has 1 saturated heterocycles. The molecule has 2 aromatic carbocycles. The molecule has 1 fully saturated rings. The minimum atomic E-state index is -0.879. The van der Waals surface area contributed by atoms with Crippen LogP contribution in [0.3, 0.4) is 0 Å². The number of carbonyl (C=O) groups is 2. The predicted octanol–water partition coefficient (Wildman–Crippen LogP) is 3.37. The van der Waals surface area contributed by atoms with E-state index in [-0.39, 0.29) is 18.7 Å². The number of carboxylic acid groups (broad SMARTS) is 1. The number of thiazole rings is 1. The minimum absolute atomic E-state index is 0.0353. The summed E-state index contributed by atoms with van der Waals surface area (Å²) in [6.45, 7) is 5.31. The number of rotatable bonds is 8. The Bertz CT molecular complexity index is 1100. The number of hydrogen-bond acceptors (Lipinski definition) is 6. The zero-order chi connectivity index (χ0) is 23.2. The molecule has 0 atom stereocenters. The van der Waals surface area contributed by atoms with Gasteiger partial charge in [0.2, 0.25) is 5.91 Å². The van der Waals surface area contributed by atoms with Crippen molar-refractivity contribution in [2.75, 3.05) is 38.5 Å². The topological polar surface area (TPSA) is 85.8 Å². The zero-order valence-corrected chi connectivity index (χ0v) is 19.5. The van der Waals surface area contributed by atoms with E-state index in [0.717, 1.165) is 49.0 Å². The average Bonchev–Trinajstić information content (AvgIpc) is 3.25. The molecule has 0 bridgehead atoms. The number of benzene rings is 2. The number of nitrogens with one attached hydrogen (secondary N) is 1. The third-order valence-electron chi connectivity index (χ3n) is 5.66. The van der Waals surface area contributed by atoms with Gasteiger partial charge in [-0.2, -0.15) is 0 Å². The molecule has 1 aliphatic heterocycles. The normalized spacial score (nSPS) is 14.8. The van der Waals surface area contributed by atoms with Crippen molar-refractivity contribution in [1.82, 2.24) is 14.8 Å². The number of carboxylic acids is 1. The summed E-state index contributed by atoms with van der Waals surface area (Å²) in [5.41, 5.74) is 4.42. The number of anilines is 1. The van der Waals surface area contributed by atoms with E-state index < -0.39 is 5.97 Å². The molecule has 2 heterocycles. The van der Waals surface area contributed by atoms with Gasteiger partial charge in [-0.25, -0.2) is 4.98 Å². The highest BCUT2D eigenvalue weighted by atomic mass is 32.1. The standard InChI is InChI=1S/C25H28N4O3S/c1-28-9-11-29(12-10-28)16-19-3-2-4-20(13-19)25-27-22(17-33-25)15-23(30)26-21-7-5-18(6-8-21)14-24(31)32/h2-8,13,17H,9-12,14-16H2,1H3,(H,26,30)(H,31,32). The van der Waals surface area contributed by atoms with Gasteiger partial charge < -0.3 is 15.3 Å². The lowest BCUT2D eigenvalue weighted by atomic mass is 10.1. The van der Waals surface area contributed by atoms with Crippen molar-refractivity contribution >= 4 is 28.9 Å². The fourth-order valence-corrected chi connectivity index (χ4v) is 4.65. The third-order valence-corrected chi connectivity index (χ3v) is 6.60. The maximum absolute atomic E-state index is 12.4. The summed E-state index contributed by atoms with van der Waals surface area (Å²) in [5.74, 6) is -1.03. The minimum Gasteiger partial charge on any atom is -0.481 e. The second-order valence-corrected chi connectivity index (χ2v) is 9.27. The lowest BCUT2D eigenvalue weighted by Gasteiger charge is -2.32. The molecule has 7 nitrogen and oxygen atoms in total. The molecule has 8 heteroatoms. The Labute approximate surface area is 197 Å². The van der Waals surface area contributed by atoms with Crippen LogP contribution < -0.4 is 5.32 Å². The van der Waals surface area contributed by atoms with E-state index in [1.165, 1.54) is 5.56 Å². The summed E-state index contributed by atoms with van der Waals surface area (Å²) in [7, 11) is 2.16. The summed E-state index contributed by atoms with van der Waals surface area (Å²) in [5, 5.41) is 14.5. The van der Waals surface area contributed by atoms with E-state index in [4.69, 9.17) is 5.11 Å². The highest BCUT2D eigenvalue weighted by molar-refractivity contribution is 7.13. The molecule has 0 aliphatic carbocycles. The Hall–Kier alpha value is -3.07. The number of hydrogen-bond donors (Lipinski definition) is 2. The van der Waals surface area contributed by atoms with Crippen LogP contribution in [0.1, 0.15) is 16.8 Å². The first-order valence-corrected chi connectivity index (χ1v) is 11.9. The molecule has 0 radical (unpaired) electrons. The number of nitrogens with zero attached hydrogens (tertiary/aromatic N) is 3. The number of likely N-dealkylation sites (N-methyl/N-ethyl adjacent to an activating group) is 1. The number of carbonyl (C=O) groups excluding carboxylic acids is 1. The molecule has 0 spiro atoms. The van der Waals surface area contributed by atoms with Crippen LogP contribution in [0, 0.1) is 0 Å². The predicted molar refractivity (Wildman–Crippen MR) is 130 cm³/mol. The molecule has 1 aliphatic rings. The monoisotopic (exact) mass is 464 g/mol. The molecule has 4 rings (SSSR count). The van der Waals surface area contributed by atoms with Gasteiger partial charge in [0.1, 0.15) is 5.01 Å². The number of piperazine rings is 1. The van der Waals surface area contributed by atoms with Crippen molar-refractivity contribution in [1.29, 1.82) is 0 Å². The smallest absolute Gasteiger partial charge is 0.307 e. The van der Waals surface area contributed by atoms with Crippen molar-refractivity contribution in [3.8, 4) is 10.6 Å². The van der Waals surface area contributed by atoms with Crippen molar-refractivity contribution in [3.05, 3.63) is 70.7 Å². The Morgan fingerprint density at radius 3 is 2.52 bits per heavy atom. The molecule has 2 N–H and O–H groups in total. The number of aliphatic carboxylic acids is 1. The SMILES string of the molecule is CN1CCN(Cc2cccc(-c3nc(CC(=O)Nc4ccc(CC(=O)O)cc4)cs3)c2)CC1. The Morgan fingerprint density at radius 2 is 1.79 bits per heavy atom. The molecule has 3 aromatic rings. The molecule has 1 aromatic heterocycles. The molecule has 172 valence electrons. The summed E-state index contributed by atoms with van der Waals surface area (Å²) in [6, 6.07) is 15.3. The lowest BCUT2D eigenvalue weighted by Crippen LogP contribution is -2.43. The molecular formula is C25H28N4O3S. The van der Waals surface area contributed by atoms with Gasteiger partial charge >= 0.3 is 5.97 Å². The van der Waals surface area contributed by atoms with E-state index in [0.29, 0.717) is 11.3 Å². The quantitative estimate of drug-likeness (QED) is 0.532. The summed E-state index contributed by atoms with van der Waals surface area (Å²) < 4.78 is 0. The van der Waals surface area contributed by atoms with Crippen molar-refractivity contribution in [3.63, 3.8) is 0 Å². The highest BCUT2D eigenvalue weighted by Gasteiger charge is 2.15. The first-order chi connectivity index (χ1) is 15.9. The highest BCUT2D eigenvalue weighted by Crippen LogP contribution is 2.25. The third kappa shape index (κ3) is 6.71. The fraction of sp³-hybridized carbons (Fsp3) is 0.320. The van der Waals surface area contributed by atoms with E-state index in [1.54, 1.807) is 35.6 Å². The maximum Gasteiger partial charge on any atom is 0.307 e. The van der Waals surface area contributed by atoms with Crippen molar-refractivity contribution in [2.24, 2.45) is 0 Å². The van der Waals surface area contributed by atoms with Crippen LogP contribution in [-0.2, 0) is 29.0 Å². The summed E-state index contributed by atoms with van der Waals surface area (Å²) in [6.07, 6.45) is 0.154. The molecule has 0 unspecified atom stereocenters. The van der Waals surface area contributed by atoms with Gasteiger partial charge in [0.15, 0.2) is 0 Å². The van der Waals surface area contributed by atoms with Gasteiger partial charge in [0.05, 0.1) is 18.5 Å². The zero-order valence-electron chi connectivity index (χ0n) is 18.7. The van der Waals surface area contributed by atoms with Crippen LogP contribution in [0.4, 0.5) is 5.69 Å². The summed E-state index contributed by atoms with van der Waals surface area (Å²) >= 11 is 1.55. The van der Waals surface area contributed by atoms with E-state index in [1.807, 2.05) is 5.38 Å². The largest absolute Gasteiger partial charge is 0.481 e. The molecule has 1 amide bonds. The second-order valence-electron chi connectivity index (χ2n) is 8.42. The van der Waals surface area contributed by atoms with E-state index in [2.05, 4.69) is 51.4 Å². The van der Waals surface area contributed by atoms with Gasteiger partial charge in [-0.05, 0) is 36.4 Å². The fourth-order valence-electron chi connectivity index (χ4n) is 3.84. The first kappa shape index (κ1) is 23.1. The van der Waals surface area contributed by atoms with Crippen molar-refractivity contribution in [2.45, 2.75) is 19.4 Å². The van der Waals surface area contributed by atoms with Gasteiger partial charge in [-0.1, -0.05) is 30.3 Å². The van der Waals surface area contributed by atoms with Crippen LogP contribution in [0.5, 0.6) is 0 Å². The lowest BCUT2D eigenvalue weighted by molar-refractivity contribution is -0.136. The molecule has 33 heavy (non-hydrogen) atoms. The van der Waals surface area contributed by atoms with Gasteiger partial charge in [-0.15, -0.1) is 11.3 Å². The van der Waals surface area contributed by atoms with Crippen LogP contribution >= 0.6 is 11.3 Å². The van der Waals surface area contributed by atoms with Crippen LogP contribution in [-0.4, -0.2) is 65.0 Å². The maximum atomic E-state index is 12.4. The van der Waals surface area contributed by atoms with Gasteiger partial charge in [0.25, 0.3) is 0 Å². The Balaban J connectivity index is 1.34.